The molecule has 0 aliphatic heterocycles. The lowest BCUT2D eigenvalue weighted by Gasteiger charge is -2.34. The van der Waals surface area contributed by atoms with Gasteiger partial charge < -0.3 is 5.32 Å². The topological polar surface area (TPSA) is 12.0 Å². The summed E-state index contributed by atoms with van der Waals surface area (Å²) in [5.74, 6) is 0. The van der Waals surface area contributed by atoms with Gasteiger partial charge in [0.2, 0.25) is 0 Å². The molecule has 0 bridgehead atoms. The van der Waals surface area contributed by atoms with Gasteiger partial charge in [-0.05, 0) is 56.7 Å². The third-order valence-electron chi connectivity index (χ3n) is 3.53. The van der Waals surface area contributed by atoms with E-state index >= 15 is 0 Å². The van der Waals surface area contributed by atoms with Gasteiger partial charge in [-0.3, -0.25) is 0 Å². The molecule has 1 atom stereocenters. The molecule has 0 amide bonds. The van der Waals surface area contributed by atoms with E-state index < -0.39 is 0 Å². The second-order valence-electron chi connectivity index (χ2n) is 7.08. The van der Waals surface area contributed by atoms with Crippen LogP contribution in [0, 0.1) is 5.41 Å². The second kappa shape index (κ2) is 7.15. The van der Waals surface area contributed by atoms with Crippen molar-refractivity contribution in [3.05, 3.63) is 33.8 Å². The van der Waals surface area contributed by atoms with E-state index in [0.717, 1.165) is 18.0 Å². The Morgan fingerprint density at radius 2 is 1.75 bits per heavy atom. The van der Waals surface area contributed by atoms with Gasteiger partial charge in [-0.25, -0.2) is 0 Å². The quantitative estimate of drug-likeness (QED) is 0.706. The van der Waals surface area contributed by atoms with Gasteiger partial charge in [-0.15, -0.1) is 0 Å². The van der Waals surface area contributed by atoms with Gasteiger partial charge in [0.05, 0.1) is 0 Å². The van der Waals surface area contributed by atoms with Gasteiger partial charge in [0.25, 0.3) is 0 Å². The first-order valence-corrected chi connectivity index (χ1v) is 8.10. The van der Waals surface area contributed by atoms with Gasteiger partial charge in [0.15, 0.2) is 0 Å². The molecule has 1 aromatic rings. The molecule has 0 aromatic heterocycles. The summed E-state index contributed by atoms with van der Waals surface area (Å²) in [4.78, 5) is 0. The number of nitrogens with one attached hydrogen (secondary N) is 1. The van der Waals surface area contributed by atoms with Crippen LogP contribution in [0.4, 0.5) is 0 Å². The van der Waals surface area contributed by atoms with Crippen LogP contribution in [-0.2, 0) is 6.42 Å². The Labute approximate surface area is 134 Å². The summed E-state index contributed by atoms with van der Waals surface area (Å²) in [5, 5.41) is 5.10. The predicted molar refractivity (Wildman–Crippen MR) is 90.9 cm³/mol. The van der Waals surface area contributed by atoms with Gasteiger partial charge in [0, 0.05) is 22.1 Å². The molecule has 114 valence electrons. The van der Waals surface area contributed by atoms with Crippen molar-refractivity contribution in [3.63, 3.8) is 0 Å². The van der Waals surface area contributed by atoms with Crippen LogP contribution in [0.2, 0.25) is 10.0 Å². The highest BCUT2D eigenvalue weighted by Crippen LogP contribution is 2.32. The van der Waals surface area contributed by atoms with E-state index in [4.69, 9.17) is 23.2 Å². The van der Waals surface area contributed by atoms with Crippen molar-refractivity contribution >= 4 is 23.2 Å². The molecule has 1 N–H and O–H groups in total. The zero-order chi connectivity index (χ0) is 15.4. The highest BCUT2D eigenvalue weighted by molar-refractivity contribution is 6.35. The molecule has 0 heterocycles. The predicted octanol–water partition coefficient (Wildman–Crippen LogP) is 5.73. The Hall–Kier alpha value is -0.240. The Kier molecular flexibility index (Phi) is 6.37. The van der Waals surface area contributed by atoms with Gasteiger partial charge in [-0.1, -0.05) is 49.5 Å². The smallest absolute Gasteiger partial charge is 0.0453 e. The minimum Gasteiger partial charge on any atom is -0.312 e. The van der Waals surface area contributed by atoms with E-state index in [-0.39, 0.29) is 11.0 Å². The summed E-state index contributed by atoms with van der Waals surface area (Å²) in [6, 6.07) is 5.81. The third kappa shape index (κ3) is 6.03. The molecule has 0 fully saturated rings. The summed E-state index contributed by atoms with van der Waals surface area (Å²) < 4.78 is 0. The maximum atomic E-state index is 6.32. The molecule has 0 saturated heterocycles. The SMILES string of the molecule is CCCC(C)(CNC(C)(C)C)Cc1ccc(Cl)cc1Cl. The molecule has 0 spiro atoms. The summed E-state index contributed by atoms with van der Waals surface area (Å²) in [7, 11) is 0. The number of hydrogen-bond donors (Lipinski definition) is 1. The van der Waals surface area contributed by atoms with E-state index in [1.807, 2.05) is 12.1 Å². The Morgan fingerprint density at radius 3 is 2.25 bits per heavy atom. The highest BCUT2D eigenvalue weighted by atomic mass is 35.5. The van der Waals surface area contributed by atoms with Crippen molar-refractivity contribution in [2.24, 2.45) is 5.41 Å². The fraction of sp³-hybridized carbons (Fsp3) is 0.647. The largest absolute Gasteiger partial charge is 0.312 e. The normalized spacial score (nSPS) is 15.2. The standard InChI is InChI=1S/C17H27Cl2N/c1-6-9-17(5,12-20-16(2,3)4)11-13-7-8-14(18)10-15(13)19/h7-8,10,20H,6,9,11-12H2,1-5H3. The molecule has 0 saturated carbocycles. The van der Waals surface area contributed by atoms with E-state index in [9.17, 15) is 0 Å². The Bertz CT molecular complexity index is 437. The molecule has 3 heteroatoms. The second-order valence-corrected chi connectivity index (χ2v) is 7.92. The van der Waals surface area contributed by atoms with Crippen LogP contribution in [0.25, 0.3) is 0 Å². The maximum Gasteiger partial charge on any atom is 0.0453 e. The fourth-order valence-corrected chi connectivity index (χ4v) is 2.92. The number of hydrogen-bond acceptors (Lipinski definition) is 1. The zero-order valence-electron chi connectivity index (χ0n) is 13.3. The minimum absolute atomic E-state index is 0.138. The molecule has 1 rings (SSSR count). The highest BCUT2D eigenvalue weighted by Gasteiger charge is 2.26. The van der Waals surface area contributed by atoms with E-state index in [1.54, 1.807) is 0 Å². The molecular formula is C17H27Cl2N. The van der Waals surface area contributed by atoms with Gasteiger partial charge >= 0.3 is 0 Å². The van der Waals surface area contributed by atoms with Crippen molar-refractivity contribution in [1.82, 2.24) is 5.32 Å². The average molecular weight is 316 g/mol. The van der Waals surface area contributed by atoms with Crippen LogP contribution < -0.4 is 5.32 Å². The molecule has 0 radical (unpaired) electrons. The summed E-state index contributed by atoms with van der Waals surface area (Å²) in [5.41, 5.74) is 1.53. The summed E-state index contributed by atoms with van der Waals surface area (Å²) >= 11 is 12.3. The van der Waals surface area contributed by atoms with Crippen LogP contribution in [0.1, 0.15) is 53.0 Å². The van der Waals surface area contributed by atoms with Crippen molar-refractivity contribution in [2.45, 2.75) is 59.4 Å². The van der Waals surface area contributed by atoms with Crippen LogP contribution in [0.5, 0.6) is 0 Å². The molecule has 1 unspecified atom stereocenters. The van der Waals surface area contributed by atoms with Crippen molar-refractivity contribution in [3.8, 4) is 0 Å². The molecule has 1 aromatic carbocycles. The molecule has 1 nitrogen and oxygen atoms in total. The van der Waals surface area contributed by atoms with Gasteiger partial charge in [-0.2, -0.15) is 0 Å². The molecule has 0 aliphatic rings. The lowest BCUT2D eigenvalue weighted by molar-refractivity contribution is 0.244. The first-order valence-electron chi connectivity index (χ1n) is 7.34. The first-order chi connectivity index (χ1) is 9.15. The lowest BCUT2D eigenvalue weighted by Crippen LogP contribution is -2.43. The van der Waals surface area contributed by atoms with E-state index in [1.165, 1.54) is 18.4 Å². The summed E-state index contributed by atoms with van der Waals surface area (Å²) in [6.07, 6.45) is 3.32. The minimum atomic E-state index is 0.138. The Morgan fingerprint density at radius 1 is 1.10 bits per heavy atom. The average Bonchev–Trinajstić information content (AvgIpc) is 2.30. The van der Waals surface area contributed by atoms with Crippen LogP contribution in [0.15, 0.2) is 18.2 Å². The molecular weight excluding hydrogens is 289 g/mol. The number of benzene rings is 1. The Balaban J connectivity index is 2.84. The number of halogens is 2. The fourth-order valence-electron chi connectivity index (χ4n) is 2.45. The maximum absolute atomic E-state index is 6.32. The molecule has 20 heavy (non-hydrogen) atoms. The number of rotatable bonds is 6. The third-order valence-corrected chi connectivity index (χ3v) is 4.12. The monoisotopic (exact) mass is 315 g/mol. The lowest BCUT2D eigenvalue weighted by atomic mass is 9.79. The van der Waals surface area contributed by atoms with E-state index in [2.05, 4.69) is 46.0 Å². The first kappa shape index (κ1) is 17.8. The summed E-state index contributed by atoms with van der Waals surface area (Å²) in [6.45, 7) is 12.2. The van der Waals surface area contributed by atoms with Crippen molar-refractivity contribution in [1.29, 1.82) is 0 Å². The van der Waals surface area contributed by atoms with Crippen molar-refractivity contribution in [2.75, 3.05) is 6.54 Å². The zero-order valence-corrected chi connectivity index (χ0v) is 14.8. The van der Waals surface area contributed by atoms with Crippen molar-refractivity contribution < 1.29 is 0 Å². The molecule has 0 aliphatic carbocycles. The van der Waals surface area contributed by atoms with Gasteiger partial charge in [0.1, 0.15) is 0 Å². The van der Waals surface area contributed by atoms with Crippen LogP contribution >= 0.6 is 23.2 Å². The van der Waals surface area contributed by atoms with E-state index in [0.29, 0.717) is 5.02 Å². The van der Waals surface area contributed by atoms with Crippen LogP contribution in [0.3, 0.4) is 0 Å². The van der Waals surface area contributed by atoms with Crippen LogP contribution in [-0.4, -0.2) is 12.1 Å².